The number of hydrogen-bond acceptors (Lipinski definition) is 5. The molecule has 10 heteroatoms. The Hall–Kier alpha value is -2.36. The predicted molar refractivity (Wildman–Crippen MR) is 110 cm³/mol. The van der Waals surface area contributed by atoms with E-state index in [-0.39, 0.29) is 21.2 Å². The van der Waals surface area contributed by atoms with Gasteiger partial charge >= 0.3 is 0 Å². The average molecular weight is 485 g/mol. The number of amides is 1. The minimum atomic E-state index is -3.89. The van der Waals surface area contributed by atoms with Gasteiger partial charge < -0.3 is 9.84 Å². The van der Waals surface area contributed by atoms with Gasteiger partial charge in [-0.1, -0.05) is 38.8 Å². The third-order valence-corrected chi connectivity index (χ3v) is 6.23. The van der Waals surface area contributed by atoms with Gasteiger partial charge in [-0.05, 0) is 49.7 Å². The molecule has 1 amide bonds. The molecule has 0 aliphatic heterocycles. The average Bonchev–Trinajstić information content (AvgIpc) is 3.06. The molecule has 0 saturated heterocycles. The zero-order valence-electron chi connectivity index (χ0n) is 14.8. The quantitative estimate of drug-likeness (QED) is 0.544. The van der Waals surface area contributed by atoms with Crippen LogP contribution in [0.4, 0.5) is 11.4 Å². The van der Waals surface area contributed by atoms with Crippen molar-refractivity contribution in [1.82, 2.24) is 5.16 Å². The van der Waals surface area contributed by atoms with Crippen molar-refractivity contribution in [1.29, 1.82) is 0 Å². The summed E-state index contributed by atoms with van der Waals surface area (Å²) in [5.74, 6) is -0.0600. The second-order valence-corrected chi connectivity index (χ2v) is 8.93. The van der Waals surface area contributed by atoms with Gasteiger partial charge in [0.2, 0.25) is 0 Å². The van der Waals surface area contributed by atoms with Gasteiger partial charge in [0.25, 0.3) is 15.9 Å². The topological polar surface area (TPSA) is 101 Å². The molecule has 0 saturated carbocycles. The molecule has 3 rings (SSSR count). The largest absolute Gasteiger partial charge is 0.361 e. The van der Waals surface area contributed by atoms with Gasteiger partial charge in [0, 0.05) is 10.2 Å². The van der Waals surface area contributed by atoms with E-state index in [1.54, 1.807) is 32.0 Å². The lowest BCUT2D eigenvalue weighted by Gasteiger charge is -2.13. The summed E-state index contributed by atoms with van der Waals surface area (Å²) in [6, 6.07) is 9.44. The van der Waals surface area contributed by atoms with Gasteiger partial charge in [-0.3, -0.25) is 9.52 Å². The number of carbonyl (C=O) groups excluding carboxylic acids is 1. The third-order valence-electron chi connectivity index (χ3n) is 3.90. The number of anilines is 2. The monoisotopic (exact) mass is 483 g/mol. The summed E-state index contributed by atoms with van der Waals surface area (Å²) in [4.78, 5) is 12.4. The molecule has 0 radical (unpaired) electrons. The molecule has 28 heavy (non-hydrogen) atoms. The van der Waals surface area contributed by atoms with E-state index in [0.717, 1.165) is 0 Å². The fraction of sp³-hybridized carbons (Fsp3) is 0.111. The molecule has 7 nitrogen and oxygen atoms in total. The Morgan fingerprint density at radius 2 is 1.93 bits per heavy atom. The lowest BCUT2D eigenvalue weighted by atomic mass is 10.2. The minimum absolute atomic E-state index is 0.118. The highest BCUT2D eigenvalue weighted by Gasteiger charge is 2.20. The number of carbonyl (C=O) groups is 1. The Morgan fingerprint density at radius 3 is 2.61 bits per heavy atom. The molecular formula is C18H15BrClN3O4S. The van der Waals surface area contributed by atoms with Gasteiger partial charge in [-0.25, -0.2) is 8.42 Å². The predicted octanol–water partition coefficient (Wildman–Crippen LogP) is 4.76. The number of hydrogen-bond donors (Lipinski definition) is 2. The zero-order chi connectivity index (χ0) is 20.5. The SMILES string of the molecule is Cc1ccc(Br)cc1S(=O)(=O)Nc1cc(NC(=O)c2cnoc2C)ccc1Cl. The molecule has 3 aromatic rings. The van der Waals surface area contributed by atoms with Crippen LogP contribution < -0.4 is 10.0 Å². The number of nitrogens with zero attached hydrogens (tertiary/aromatic N) is 1. The molecule has 1 aromatic heterocycles. The second kappa shape index (κ2) is 7.94. The van der Waals surface area contributed by atoms with Crippen molar-refractivity contribution in [2.24, 2.45) is 0 Å². The van der Waals surface area contributed by atoms with Crippen LogP contribution in [0.15, 0.2) is 56.5 Å². The first kappa shape index (κ1) is 20.4. The summed E-state index contributed by atoms with van der Waals surface area (Å²) >= 11 is 9.42. The molecule has 2 aromatic carbocycles. The van der Waals surface area contributed by atoms with E-state index < -0.39 is 15.9 Å². The van der Waals surface area contributed by atoms with Crippen molar-refractivity contribution >= 4 is 54.8 Å². The smallest absolute Gasteiger partial charge is 0.262 e. The lowest BCUT2D eigenvalue weighted by Crippen LogP contribution is -2.16. The number of aromatic nitrogens is 1. The molecule has 0 aliphatic carbocycles. The van der Waals surface area contributed by atoms with E-state index in [0.29, 0.717) is 21.5 Å². The van der Waals surface area contributed by atoms with E-state index >= 15 is 0 Å². The number of aryl methyl sites for hydroxylation is 2. The molecule has 0 aliphatic rings. The van der Waals surface area contributed by atoms with E-state index in [1.165, 1.54) is 24.4 Å². The van der Waals surface area contributed by atoms with Crippen molar-refractivity contribution < 1.29 is 17.7 Å². The van der Waals surface area contributed by atoms with Crippen molar-refractivity contribution in [2.75, 3.05) is 10.0 Å². The Morgan fingerprint density at radius 1 is 1.18 bits per heavy atom. The van der Waals surface area contributed by atoms with Crippen LogP contribution in [0.2, 0.25) is 5.02 Å². The molecule has 0 bridgehead atoms. The highest BCUT2D eigenvalue weighted by atomic mass is 79.9. The number of sulfonamides is 1. The van der Waals surface area contributed by atoms with Crippen LogP contribution in [0.25, 0.3) is 0 Å². The van der Waals surface area contributed by atoms with Crippen LogP contribution in [0.3, 0.4) is 0 Å². The number of halogens is 2. The summed E-state index contributed by atoms with van der Waals surface area (Å²) < 4.78 is 33.6. The van der Waals surface area contributed by atoms with Crippen LogP contribution >= 0.6 is 27.5 Å². The van der Waals surface area contributed by atoms with E-state index in [4.69, 9.17) is 16.1 Å². The fourth-order valence-electron chi connectivity index (χ4n) is 2.46. The van der Waals surface area contributed by atoms with Gasteiger partial charge in [0.15, 0.2) is 0 Å². The van der Waals surface area contributed by atoms with Gasteiger partial charge in [0.05, 0.1) is 21.8 Å². The summed E-state index contributed by atoms with van der Waals surface area (Å²) in [5.41, 5.74) is 1.36. The molecular weight excluding hydrogens is 470 g/mol. The highest BCUT2D eigenvalue weighted by Crippen LogP contribution is 2.30. The molecule has 0 atom stereocenters. The molecule has 1 heterocycles. The first-order chi connectivity index (χ1) is 13.2. The van der Waals surface area contributed by atoms with E-state index in [2.05, 4.69) is 31.1 Å². The first-order valence-corrected chi connectivity index (χ1v) is 10.6. The number of benzene rings is 2. The summed E-state index contributed by atoms with van der Waals surface area (Å²) in [7, 11) is -3.89. The Balaban J connectivity index is 1.88. The number of rotatable bonds is 5. The minimum Gasteiger partial charge on any atom is -0.361 e. The molecule has 146 valence electrons. The summed E-state index contributed by atoms with van der Waals surface area (Å²) in [5, 5.41) is 6.41. The molecule has 0 spiro atoms. The van der Waals surface area contributed by atoms with Crippen LogP contribution in [-0.2, 0) is 10.0 Å². The van der Waals surface area contributed by atoms with Crippen LogP contribution in [0.1, 0.15) is 21.7 Å². The molecule has 0 unspecified atom stereocenters. The Labute approximate surface area is 175 Å². The van der Waals surface area contributed by atoms with Gasteiger partial charge in [0.1, 0.15) is 11.3 Å². The zero-order valence-corrected chi connectivity index (χ0v) is 17.9. The highest BCUT2D eigenvalue weighted by molar-refractivity contribution is 9.10. The molecule has 2 N–H and O–H groups in total. The van der Waals surface area contributed by atoms with Crippen LogP contribution in [-0.4, -0.2) is 19.5 Å². The van der Waals surface area contributed by atoms with Crippen molar-refractivity contribution in [3.63, 3.8) is 0 Å². The van der Waals surface area contributed by atoms with Crippen LogP contribution in [0.5, 0.6) is 0 Å². The first-order valence-electron chi connectivity index (χ1n) is 7.98. The lowest BCUT2D eigenvalue weighted by molar-refractivity contribution is 0.102. The second-order valence-electron chi connectivity index (χ2n) is 5.96. The maximum Gasteiger partial charge on any atom is 0.262 e. The molecule has 0 fully saturated rings. The fourth-order valence-corrected chi connectivity index (χ4v) is 4.54. The standard InChI is InChI=1S/C18H15BrClN3O4S/c1-10-3-4-12(19)7-17(10)28(25,26)23-16-8-13(5-6-15(16)20)22-18(24)14-9-21-27-11(14)2/h3-9,23H,1-2H3,(H,22,24). The Kier molecular flexibility index (Phi) is 5.78. The maximum absolute atomic E-state index is 12.8. The third kappa shape index (κ3) is 4.37. The summed E-state index contributed by atoms with van der Waals surface area (Å²) in [6.45, 7) is 3.31. The van der Waals surface area contributed by atoms with E-state index in [9.17, 15) is 13.2 Å². The van der Waals surface area contributed by atoms with Crippen molar-refractivity contribution in [3.05, 3.63) is 69.0 Å². The van der Waals surface area contributed by atoms with Crippen LogP contribution in [0, 0.1) is 13.8 Å². The Bertz CT molecular complexity index is 1160. The number of nitrogens with one attached hydrogen (secondary N) is 2. The normalized spacial score (nSPS) is 11.3. The van der Waals surface area contributed by atoms with Gasteiger partial charge in [-0.15, -0.1) is 0 Å². The van der Waals surface area contributed by atoms with Gasteiger partial charge in [-0.2, -0.15) is 0 Å². The van der Waals surface area contributed by atoms with Crippen molar-refractivity contribution in [2.45, 2.75) is 18.7 Å². The maximum atomic E-state index is 12.8. The van der Waals surface area contributed by atoms with E-state index in [1.807, 2.05) is 0 Å². The van der Waals surface area contributed by atoms with Crippen molar-refractivity contribution in [3.8, 4) is 0 Å². The summed E-state index contributed by atoms with van der Waals surface area (Å²) in [6.07, 6.45) is 1.31.